The van der Waals surface area contributed by atoms with Crippen LogP contribution < -0.4 is 10.5 Å². The minimum Gasteiger partial charge on any atom is -0.398 e. The van der Waals surface area contributed by atoms with Crippen molar-refractivity contribution in [1.29, 1.82) is 0 Å². The summed E-state index contributed by atoms with van der Waals surface area (Å²) in [5.41, 5.74) is 6.11. The van der Waals surface area contributed by atoms with Gasteiger partial charge < -0.3 is 5.73 Å². The molecular formula is C10H7BrCl2N2O2S2. The Kier molecular flexibility index (Phi) is 4.32. The van der Waals surface area contributed by atoms with Gasteiger partial charge in [-0.15, -0.1) is 11.3 Å². The molecule has 2 aromatic rings. The molecule has 0 fully saturated rings. The smallest absolute Gasteiger partial charge is 0.271 e. The second-order valence-corrected chi connectivity index (χ2v) is 7.96. The first-order valence-electron chi connectivity index (χ1n) is 4.81. The summed E-state index contributed by atoms with van der Waals surface area (Å²) in [4.78, 5) is 0. The van der Waals surface area contributed by atoms with Gasteiger partial charge in [0.1, 0.15) is 4.21 Å². The second-order valence-electron chi connectivity index (χ2n) is 3.53. The van der Waals surface area contributed by atoms with E-state index in [0.717, 1.165) is 11.3 Å². The minimum absolute atomic E-state index is 0.111. The molecule has 0 spiro atoms. The molecule has 1 aromatic heterocycles. The summed E-state index contributed by atoms with van der Waals surface area (Å²) in [5, 5.41) is 1.92. The zero-order valence-corrected chi connectivity index (χ0v) is 13.9. The Morgan fingerprint density at radius 3 is 2.53 bits per heavy atom. The number of nitrogens with one attached hydrogen (secondary N) is 1. The molecular weight excluding hydrogens is 395 g/mol. The zero-order chi connectivity index (χ0) is 14.2. The Balaban J connectivity index is 2.39. The number of benzene rings is 1. The molecule has 3 N–H and O–H groups in total. The molecule has 9 heteroatoms. The summed E-state index contributed by atoms with van der Waals surface area (Å²) >= 11 is 16.1. The van der Waals surface area contributed by atoms with E-state index in [4.69, 9.17) is 28.9 Å². The highest BCUT2D eigenvalue weighted by atomic mass is 79.9. The van der Waals surface area contributed by atoms with E-state index in [1.165, 1.54) is 12.1 Å². The van der Waals surface area contributed by atoms with E-state index in [-0.39, 0.29) is 19.9 Å². The molecule has 0 amide bonds. The van der Waals surface area contributed by atoms with E-state index in [1.54, 1.807) is 11.4 Å². The number of sulfonamides is 1. The average Bonchev–Trinajstić information content (AvgIpc) is 2.78. The fourth-order valence-electron chi connectivity index (χ4n) is 1.27. The maximum Gasteiger partial charge on any atom is 0.271 e. The summed E-state index contributed by atoms with van der Waals surface area (Å²) in [6.45, 7) is 0. The van der Waals surface area contributed by atoms with Gasteiger partial charge in [0.2, 0.25) is 0 Å². The Morgan fingerprint density at radius 1 is 1.26 bits per heavy atom. The van der Waals surface area contributed by atoms with Gasteiger partial charge in [-0.3, -0.25) is 4.72 Å². The number of rotatable bonds is 3. The molecule has 0 unspecified atom stereocenters. The van der Waals surface area contributed by atoms with E-state index < -0.39 is 10.0 Å². The van der Waals surface area contributed by atoms with Crippen molar-refractivity contribution in [2.75, 3.05) is 10.5 Å². The summed E-state index contributed by atoms with van der Waals surface area (Å²) in [5.74, 6) is 0. The molecule has 0 saturated heterocycles. The van der Waals surface area contributed by atoms with Crippen LogP contribution in [0.5, 0.6) is 0 Å². The summed E-state index contributed by atoms with van der Waals surface area (Å²) in [6.07, 6.45) is 0. The molecule has 0 saturated carbocycles. The SMILES string of the molecule is Nc1csc(S(=O)(=O)Nc2ccc(Br)c(Cl)c2Cl)c1. The van der Waals surface area contributed by atoms with Crippen LogP contribution in [0.1, 0.15) is 0 Å². The number of anilines is 2. The first kappa shape index (κ1) is 14.9. The summed E-state index contributed by atoms with van der Waals surface area (Å²) < 4.78 is 27.3. The molecule has 0 aliphatic heterocycles. The van der Waals surface area contributed by atoms with Crippen molar-refractivity contribution >= 4 is 71.9 Å². The monoisotopic (exact) mass is 400 g/mol. The number of nitrogens with two attached hydrogens (primary N) is 1. The third-order valence-electron chi connectivity index (χ3n) is 2.14. The quantitative estimate of drug-likeness (QED) is 0.757. The van der Waals surface area contributed by atoms with Crippen LogP contribution in [0, 0.1) is 0 Å². The number of hydrogen-bond acceptors (Lipinski definition) is 4. The number of halogens is 3. The van der Waals surface area contributed by atoms with Crippen LogP contribution in [0.4, 0.5) is 11.4 Å². The highest BCUT2D eigenvalue weighted by Crippen LogP contribution is 2.37. The lowest BCUT2D eigenvalue weighted by molar-refractivity contribution is 0.603. The van der Waals surface area contributed by atoms with Gasteiger partial charge in [-0.05, 0) is 34.1 Å². The lowest BCUT2D eigenvalue weighted by atomic mass is 10.3. The van der Waals surface area contributed by atoms with Crippen LogP contribution in [0.25, 0.3) is 0 Å². The fraction of sp³-hybridized carbons (Fsp3) is 0. The molecule has 4 nitrogen and oxygen atoms in total. The van der Waals surface area contributed by atoms with E-state index >= 15 is 0 Å². The van der Waals surface area contributed by atoms with Crippen molar-refractivity contribution in [1.82, 2.24) is 0 Å². The van der Waals surface area contributed by atoms with Crippen molar-refractivity contribution in [3.05, 3.63) is 38.1 Å². The van der Waals surface area contributed by atoms with Crippen LogP contribution >= 0.6 is 50.5 Å². The Hall–Kier alpha value is -0.470. The Morgan fingerprint density at radius 2 is 1.95 bits per heavy atom. The predicted molar refractivity (Wildman–Crippen MR) is 83.7 cm³/mol. The van der Waals surface area contributed by atoms with E-state index in [0.29, 0.717) is 10.2 Å². The molecule has 1 aromatic carbocycles. The highest BCUT2D eigenvalue weighted by molar-refractivity contribution is 9.10. The van der Waals surface area contributed by atoms with Gasteiger partial charge >= 0.3 is 0 Å². The van der Waals surface area contributed by atoms with Gasteiger partial charge in [-0.1, -0.05) is 23.2 Å². The number of nitrogen functional groups attached to an aromatic ring is 1. The van der Waals surface area contributed by atoms with Crippen LogP contribution in [0.2, 0.25) is 10.0 Å². The van der Waals surface area contributed by atoms with Gasteiger partial charge in [-0.2, -0.15) is 0 Å². The van der Waals surface area contributed by atoms with Gasteiger partial charge in [-0.25, -0.2) is 8.42 Å². The van der Waals surface area contributed by atoms with Crippen molar-refractivity contribution in [2.45, 2.75) is 4.21 Å². The molecule has 0 aliphatic rings. The van der Waals surface area contributed by atoms with Gasteiger partial charge in [0.15, 0.2) is 0 Å². The average molecular weight is 402 g/mol. The van der Waals surface area contributed by atoms with Crippen molar-refractivity contribution in [2.24, 2.45) is 0 Å². The van der Waals surface area contributed by atoms with Gasteiger partial charge in [0.25, 0.3) is 10.0 Å². The maximum absolute atomic E-state index is 12.1. The molecule has 0 bridgehead atoms. The third-order valence-corrected chi connectivity index (χ3v) is 6.73. The zero-order valence-electron chi connectivity index (χ0n) is 9.15. The van der Waals surface area contributed by atoms with Crippen molar-refractivity contribution in [3.8, 4) is 0 Å². The van der Waals surface area contributed by atoms with Crippen molar-refractivity contribution < 1.29 is 8.42 Å². The Bertz CT molecular complexity index is 731. The summed E-state index contributed by atoms with van der Waals surface area (Å²) in [7, 11) is -3.71. The first-order chi connectivity index (χ1) is 8.81. The lowest BCUT2D eigenvalue weighted by Crippen LogP contribution is -2.11. The van der Waals surface area contributed by atoms with E-state index in [2.05, 4.69) is 20.7 Å². The van der Waals surface area contributed by atoms with Crippen molar-refractivity contribution in [3.63, 3.8) is 0 Å². The molecule has 102 valence electrons. The number of thiophene rings is 1. The molecule has 19 heavy (non-hydrogen) atoms. The van der Waals surface area contributed by atoms with Gasteiger partial charge in [0.05, 0.1) is 15.7 Å². The molecule has 0 radical (unpaired) electrons. The van der Waals surface area contributed by atoms with Crippen LogP contribution in [-0.4, -0.2) is 8.42 Å². The third kappa shape index (κ3) is 3.17. The fourth-order valence-corrected chi connectivity index (χ4v) is 4.30. The van der Waals surface area contributed by atoms with Crippen LogP contribution in [-0.2, 0) is 10.0 Å². The molecule has 0 aliphatic carbocycles. The maximum atomic E-state index is 12.1. The summed E-state index contributed by atoms with van der Waals surface area (Å²) in [6, 6.07) is 4.50. The molecule has 0 atom stereocenters. The lowest BCUT2D eigenvalue weighted by Gasteiger charge is -2.09. The topological polar surface area (TPSA) is 72.2 Å². The predicted octanol–water partition coefficient (Wildman–Crippen LogP) is 4.20. The van der Waals surface area contributed by atoms with Gasteiger partial charge in [0, 0.05) is 15.5 Å². The number of hydrogen-bond donors (Lipinski definition) is 2. The van der Waals surface area contributed by atoms with Crippen LogP contribution in [0.15, 0.2) is 32.3 Å². The highest BCUT2D eigenvalue weighted by Gasteiger charge is 2.19. The van der Waals surface area contributed by atoms with Crippen LogP contribution in [0.3, 0.4) is 0 Å². The molecule has 2 rings (SSSR count). The second kappa shape index (κ2) is 5.49. The Labute approximate surface area is 132 Å². The minimum atomic E-state index is -3.71. The molecule has 1 heterocycles. The first-order valence-corrected chi connectivity index (χ1v) is 8.73. The van der Waals surface area contributed by atoms with E-state index in [1.807, 2.05) is 0 Å². The van der Waals surface area contributed by atoms with E-state index in [9.17, 15) is 8.42 Å². The largest absolute Gasteiger partial charge is 0.398 e. The normalized spacial score (nSPS) is 11.5. The standard InChI is InChI=1S/C10H7BrCl2N2O2S2/c11-6-1-2-7(10(13)9(6)12)15-19(16,17)8-3-5(14)4-18-8/h1-4,15H,14H2.